The number of nitrogens with one attached hydrogen (secondary N) is 1. The smallest absolute Gasteiger partial charge is 0.413 e. The number of carbonyl (C=O) groups is 1. The van der Waals surface area contributed by atoms with Gasteiger partial charge in [0, 0.05) is 11.8 Å². The van der Waals surface area contributed by atoms with E-state index in [2.05, 4.69) is 15.3 Å². The lowest BCUT2D eigenvalue weighted by atomic mass is 10.2. The number of ether oxygens (including phenoxy) is 1. The molecule has 0 saturated carbocycles. The average molecular weight is 239 g/mol. The van der Waals surface area contributed by atoms with Crippen molar-refractivity contribution in [2.75, 3.05) is 5.32 Å². The molecule has 0 bridgehead atoms. The number of amides is 1. The van der Waals surface area contributed by atoms with E-state index >= 15 is 0 Å². The van der Waals surface area contributed by atoms with E-state index in [-0.39, 0.29) is 12.4 Å². The van der Waals surface area contributed by atoms with Crippen molar-refractivity contribution in [1.82, 2.24) is 9.97 Å². The van der Waals surface area contributed by atoms with Crippen LogP contribution in [0.2, 0.25) is 0 Å². The Bertz CT molecular complexity index is 413. The van der Waals surface area contributed by atoms with Crippen LogP contribution >= 0.6 is 0 Å². The van der Waals surface area contributed by atoms with Crippen molar-refractivity contribution in [3.05, 3.63) is 17.6 Å². The molecule has 1 aromatic rings. The van der Waals surface area contributed by atoms with Gasteiger partial charge in [0.15, 0.2) is 5.82 Å². The lowest BCUT2D eigenvalue weighted by Gasteiger charge is -2.19. The number of rotatable bonds is 2. The predicted octanol–water partition coefficient (Wildman–Crippen LogP) is 1.62. The van der Waals surface area contributed by atoms with Gasteiger partial charge >= 0.3 is 6.09 Å². The van der Waals surface area contributed by atoms with Crippen LogP contribution in [0.25, 0.3) is 0 Å². The van der Waals surface area contributed by atoms with Crippen molar-refractivity contribution in [2.24, 2.45) is 0 Å². The normalized spacial score (nSPS) is 11.1. The molecule has 0 unspecified atom stereocenters. The molecule has 94 valence electrons. The highest BCUT2D eigenvalue weighted by atomic mass is 16.6. The van der Waals surface area contributed by atoms with Crippen LogP contribution in [0.1, 0.15) is 32.3 Å². The predicted molar refractivity (Wildman–Crippen MR) is 62.5 cm³/mol. The minimum atomic E-state index is -0.584. The zero-order chi connectivity index (χ0) is 13.1. The number of aliphatic hydroxyl groups is 1. The Hall–Kier alpha value is -1.69. The Balaban J connectivity index is 2.74. The first kappa shape index (κ1) is 13.4. The van der Waals surface area contributed by atoms with E-state index in [1.807, 2.05) is 0 Å². The van der Waals surface area contributed by atoms with Gasteiger partial charge in [-0.05, 0) is 27.7 Å². The van der Waals surface area contributed by atoms with E-state index < -0.39 is 11.7 Å². The van der Waals surface area contributed by atoms with Crippen molar-refractivity contribution < 1.29 is 14.6 Å². The standard InChI is InChI=1S/C11H17N3O3/c1-7-5-8(13-9(6-15)12-7)14-10(16)17-11(2,3)4/h5,15H,6H2,1-4H3,(H,12,13,14,16). The fourth-order valence-electron chi connectivity index (χ4n) is 1.17. The van der Waals surface area contributed by atoms with Gasteiger partial charge in [0.25, 0.3) is 0 Å². The van der Waals surface area contributed by atoms with Gasteiger partial charge < -0.3 is 9.84 Å². The Kier molecular flexibility index (Phi) is 4.01. The first-order valence-electron chi connectivity index (χ1n) is 5.25. The van der Waals surface area contributed by atoms with Crippen LogP contribution in [0.4, 0.5) is 10.6 Å². The molecule has 0 fully saturated rings. The monoisotopic (exact) mass is 239 g/mol. The van der Waals surface area contributed by atoms with Crippen molar-refractivity contribution in [2.45, 2.75) is 39.9 Å². The molecule has 1 aromatic heterocycles. The highest BCUT2D eigenvalue weighted by Gasteiger charge is 2.16. The Morgan fingerprint density at radius 2 is 2.12 bits per heavy atom. The summed E-state index contributed by atoms with van der Waals surface area (Å²) in [5, 5.41) is 11.4. The summed E-state index contributed by atoms with van der Waals surface area (Å²) in [5.41, 5.74) is 0.0986. The maximum atomic E-state index is 11.5. The molecule has 0 radical (unpaired) electrons. The SMILES string of the molecule is Cc1cc(NC(=O)OC(C)(C)C)nc(CO)n1. The van der Waals surface area contributed by atoms with E-state index in [4.69, 9.17) is 9.84 Å². The molecule has 2 N–H and O–H groups in total. The Morgan fingerprint density at radius 1 is 1.47 bits per heavy atom. The van der Waals surface area contributed by atoms with Crippen molar-refractivity contribution in [1.29, 1.82) is 0 Å². The summed E-state index contributed by atoms with van der Waals surface area (Å²) in [5.74, 6) is 0.576. The third-order valence-electron chi connectivity index (χ3n) is 1.67. The summed E-state index contributed by atoms with van der Waals surface area (Å²) in [6, 6.07) is 1.60. The molecule has 6 nitrogen and oxygen atoms in total. The molecule has 0 aliphatic rings. The zero-order valence-corrected chi connectivity index (χ0v) is 10.4. The van der Waals surface area contributed by atoms with Crippen molar-refractivity contribution in [3.8, 4) is 0 Å². The minimum Gasteiger partial charge on any atom is -0.444 e. The molecule has 1 rings (SSSR count). The van der Waals surface area contributed by atoms with E-state index in [1.54, 1.807) is 33.8 Å². The number of aromatic nitrogens is 2. The third-order valence-corrected chi connectivity index (χ3v) is 1.67. The van der Waals surface area contributed by atoms with Gasteiger partial charge in [0.05, 0.1) is 0 Å². The van der Waals surface area contributed by atoms with Gasteiger partial charge in [0.2, 0.25) is 0 Å². The average Bonchev–Trinajstić information content (AvgIpc) is 2.13. The van der Waals surface area contributed by atoms with Gasteiger partial charge in [-0.25, -0.2) is 14.8 Å². The number of aryl methyl sites for hydroxylation is 1. The van der Waals surface area contributed by atoms with Gasteiger partial charge in [0.1, 0.15) is 18.0 Å². The molecular weight excluding hydrogens is 222 g/mol. The molecule has 6 heteroatoms. The van der Waals surface area contributed by atoms with Gasteiger partial charge in [-0.2, -0.15) is 0 Å². The second-order valence-corrected chi connectivity index (χ2v) is 4.60. The quantitative estimate of drug-likeness (QED) is 0.819. The van der Waals surface area contributed by atoms with Crippen LogP contribution in [0.15, 0.2) is 6.07 Å². The molecule has 1 heterocycles. The fourth-order valence-corrected chi connectivity index (χ4v) is 1.17. The number of carbonyl (C=O) groups excluding carboxylic acids is 1. The molecule has 1 amide bonds. The summed E-state index contributed by atoms with van der Waals surface area (Å²) >= 11 is 0. The zero-order valence-electron chi connectivity index (χ0n) is 10.4. The van der Waals surface area contributed by atoms with Crippen LogP contribution in [0.5, 0.6) is 0 Å². The van der Waals surface area contributed by atoms with Crippen LogP contribution in [-0.4, -0.2) is 26.8 Å². The maximum absolute atomic E-state index is 11.5. The van der Waals surface area contributed by atoms with Crippen molar-refractivity contribution >= 4 is 11.9 Å². The highest BCUT2D eigenvalue weighted by Crippen LogP contribution is 2.11. The number of nitrogens with zero attached hydrogens (tertiary/aromatic N) is 2. The molecule has 0 aromatic carbocycles. The number of anilines is 1. The summed E-state index contributed by atoms with van der Waals surface area (Å²) in [4.78, 5) is 19.4. The van der Waals surface area contributed by atoms with Crippen LogP contribution in [-0.2, 0) is 11.3 Å². The molecule has 0 spiro atoms. The van der Waals surface area contributed by atoms with E-state index in [0.717, 1.165) is 0 Å². The molecule has 0 aliphatic heterocycles. The van der Waals surface area contributed by atoms with Crippen LogP contribution < -0.4 is 5.32 Å². The van der Waals surface area contributed by atoms with E-state index in [0.29, 0.717) is 11.5 Å². The Labute approximate surface area is 100 Å². The van der Waals surface area contributed by atoms with Crippen LogP contribution in [0.3, 0.4) is 0 Å². The summed E-state index contributed by atoms with van der Waals surface area (Å²) in [6.45, 7) is 6.80. The highest BCUT2D eigenvalue weighted by molar-refractivity contribution is 5.83. The van der Waals surface area contributed by atoms with Gasteiger partial charge in [-0.1, -0.05) is 0 Å². The first-order chi connectivity index (χ1) is 7.80. The van der Waals surface area contributed by atoms with E-state index in [9.17, 15) is 4.79 Å². The van der Waals surface area contributed by atoms with Gasteiger partial charge in [-0.3, -0.25) is 5.32 Å². The second-order valence-electron chi connectivity index (χ2n) is 4.60. The molecule has 0 aliphatic carbocycles. The van der Waals surface area contributed by atoms with E-state index in [1.165, 1.54) is 0 Å². The Morgan fingerprint density at radius 3 is 2.65 bits per heavy atom. The molecule has 0 atom stereocenters. The van der Waals surface area contributed by atoms with Crippen molar-refractivity contribution in [3.63, 3.8) is 0 Å². The maximum Gasteiger partial charge on any atom is 0.413 e. The number of hydrogen-bond acceptors (Lipinski definition) is 5. The summed E-state index contributed by atoms with van der Waals surface area (Å²) in [6.07, 6.45) is -0.584. The lowest BCUT2D eigenvalue weighted by Crippen LogP contribution is -2.27. The van der Waals surface area contributed by atoms with Gasteiger partial charge in [-0.15, -0.1) is 0 Å². The lowest BCUT2D eigenvalue weighted by molar-refractivity contribution is 0.0635. The molecule has 17 heavy (non-hydrogen) atoms. The second kappa shape index (κ2) is 5.09. The minimum absolute atomic E-state index is 0.260. The fraction of sp³-hybridized carbons (Fsp3) is 0.545. The topological polar surface area (TPSA) is 84.3 Å². The summed E-state index contributed by atoms with van der Waals surface area (Å²) in [7, 11) is 0. The molecular formula is C11H17N3O3. The molecule has 0 saturated heterocycles. The number of hydrogen-bond donors (Lipinski definition) is 2. The summed E-state index contributed by atoms with van der Waals surface area (Å²) < 4.78 is 5.08. The number of aliphatic hydroxyl groups excluding tert-OH is 1. The third kappa shape index (κ3) is 4.78. The largest absolute Gasteiger partial charge is 0.444 e. The van der Waals surface area contributed by atoms with Crippen LogP contribution in [0, 0.1) is 6.92 Å². The first-order valence-corrected chi connectivity index (χ1v) is 5.25.